The van der Waals surface area contributed by atoms with Crippen LogP contribution in [0.1, 0.15) is 30.3 Å². The minimum atomic E-state index is -0.445. The number of para-hydroxylation sites is 2. The molecule has 3 amide bonds. The molecule has 1 N–H and O–H groups in total. The summed E-state index contributed by atoms with van der Waals surface area (Å²) in [6.45, 7) is -0.0523. The highest BCUT2D eigenvalue weighted by atomic mass is 35.5. The number of rotatable bonds is 5. The highest BCUT2D eigenvalue weighted by Gasteiger charge is 2.40. The van der Waals surface area contributed by atoms with Crippen molar-refractivity contribution in [2.45, 2.75) is 24.9 Å². The molecule has 6 rings (SSSR count). The van der Waals surface area contributed by atoms with Gasteiger partial charge in [0.2, 0.25) is 5.91 Å². The molecule has 1 unspecified atom stereocenters. The Bertz CT molecular complexity index is 1390. The maximum absolute atomic E-state index is 14.0. The molecular formula is C27H23ClN4O3. The number of hydrogen-bond acceptors (Lipinski definition) is 3. The summed E-state index contributed by atoms with van der Waals surface area (Å²) < 4.78 is 7.86. The molecule has 2 aliphatic rings. The van der Waals surface area contributed by atoms with Gasteiger partial charge in [0.15, 0.2) is 0 Å². The average molecular weight is 487 g/mol. The van der Waals surface area contributed by atoms with Gasteiger partial charge in [-0.15, -0.1) is 0 Å². The fraction of sp³-hybridized carbons (Fsp3) is 0.185. The lowest BCUT2D eigenvalue weighted by Crippen LogP contribution is -2.48. The van der Waals surface area contributed by atoms with E-state index in [2.05, 4.69) is 9.88 Å². The second-order valence-corrected chi connectivity index (χ2v) is 9.21. The van der Waals surface area contributed by atoms with Gasteiger partial charge in [0, 0.05) is 22.9 Å². The van der Waals surface area contributed by atoms with Crippen LogP contribution < -0.4 is 10.2 Å². The standard InChI is InChI=1S/C27H23ClN4O3/c28-18-6-3-7-19(16-18)29-27(34)31(20-12-13-20)17-25(33)32-22-9-2-1-8-21(22)30-14-4-10-23(30)26(32)24-11-5-15-35-24/h1-11,14-16,20,26H,12-13,17H2,(H,29,34). The first-order chi connectivity index (χ1) is 17.1. The van der Waals surface area contributed by atoms with Gasteiger partial charge < -0.3 is 19.2 Å². The van der Waals surface area contributed by atoms with Gasteiger partial charge in [-0.25, -0.2) is 4.79 Å². The first kappa shape index (κ1) is 21.6. The Morgan fingerprint density at radius 1 is 1.00 bits per heavy atom. The van der Waals surface area contributed by atoms with Crippen LogP contribution in [0, 0.1) is 0 Å². The van der Waals surface area contributed by atoms with E-state index in [1.165, 1.54) is 0 Å². The molecule has 2 aromatic carbocycles. The van der Waals surface area contributed by atoms with Crippen LogP contribution in [0.2, 0.25) is 5.02 Å². The predicted molar refractivity (Wildman–Crippen MR) is 134 cm³/mol. The van der Waals surface area contributed by atoms with Crippen molar-refractivity contribution in [2.24, 2.45) is 0 Å². The Morgan fingerprint density at radius 2 is 1.83 bits per heavy atom. The number of halogens is 1. The molecule has 3 heterocycles. The number of aromatic nitrogens is 1. The molecule has 35 heavy (non-hydrogen) atoms. The molecule has 0 radical (unpaired) electrons. The Labute approximate surface area is 207 Å². The summed E-state index contributed by atoms with van der Waals surface area (Å²) in [5.41, 5.74) is 3.20. The first-order valence-corrected chi connectivity index (χ1v) is 11.9. The fourth-order valence-electron chi connectivity index (χ4n) is 4.71. The molecule has 2 aromatic heterocycles. The number of carbonyl (C=O) groups excluding carboxylic acids is 2. The van der Waals surface area contributed by atoms with Crippen LogP contribution in [0.15, 0.2) is 89.7 Å². The van der Waals surface area contributed by atoms with Crippen molar-refractivity contribution in [1.82, 2.24) is 9.47 Å². The minimum absolute atomic E-state index is 0.0316. The van der Waals surface area contributed by atoms with E-state index in [9.17, 15) is 9.59 Å². The molecule has 1 atom stereocenters. The van der Waals surface area contributed by atoms with E-state index in [-0.39, 0.29) is 24.5 Å². The Hall–Kier alpha value is -3.97. The smallest absolute Gasteiger partial charge is 0.322 e. The maximum Gasteiger partial charge on any atom is 0.322 e. The number of fused-ring (bicyclic) bond motifs is 3. The number of anilines is 2. The topological polar surface area (TPSA) is 70.7 Å². The van der Waals surface area contributed by atoms with Crippen LogP contribution in [0.3, 0.4) is 0 Å². The number of urea groups is 1. The Balaban J connectivity index is 1.34. The molecule has 7 nitrogen and oxygen atoms in total. The molecule has 1 aliphatic heterocycles. The van der Waals surface area contributed by atoms with Gasteiger partial charge >= 0.3 is 6.03 Å². The van der Waals surface area contributed by atoms with Crippen molar-refractivity contribution in [1.29, 1.82) is 0 Å². The van der Waals surface area contributed by atoms with Gasteiger partial charge in [-0.05, 0) is 67.4 Å². The summed E-state index contributed by atoms with van der Waals surface area (Å²) >= 11 is 6.08. The third-order valence-corrected chi connectivity index (χ3v) is 6.67. The zero-order valence-electron chi connectivity index (χ0n) is 18.8. The van der Waals surface area contributed by atoms with E-state index >= 15 is 0 Å². The lowest BCUT2D eigenvalue weighted by Gasteiger charge is -2.38. The molecule has 8 heteroatoms. The normalized spacial score (nSPS) is 16.4. The molecule has 1 saturated carbocycles. The summed E-state index contributed by atoms with van der Waals surface area (Å²) in [5, 5.41) is 3.42. The van der Waals surface area contributed by atoms with E-state index in [4.69, 9.17) is 16.0 Å². The summed E-state index contributed by atoms with van der Waals surface area (Å²) in [7, 11) is 0. The van der Waals surface area contributed by atoms with E-state index in [0.717, 1.165) is 29.9 Å². The van der Waals surface area contributed by atoms with Crippen molar-refractivity contribution in [3.63, 3.8) is 0 Å². The van der Waals surface area contributed by atoms with E-state index in [1.807, 2.05) is 54.7 Å². The summed E-state index contributed by atoms with van der Waals surface area (Å²) in [6.07, 6.45) is 5.34. The van der Waals surface area contributed by atoms with Crippen LogP contribution in [-0.4, -0.2) is 34.0 Å². The molecule has 0 bridgehead atoms. The first-order valence-electron chi connectivity index (χ1n) is 11.6. The summed E-state index contributed by atoms with van der Waals surface area (Å²) in [5.74, 6) is 0.480. The highest BCUT2D eigenvalue weighted by molar-refractivity contribution is 6.30. The minimum Gasteiger partial charge on any atom is -0.467 e. The molecule has 1 aliphatic carbocycles. The average Bonchev–Trinajstić information content (AvgIpc) is 3.32. The second kappa shape index (κ2) is 8.67. The van der Waals surface area contributed by atoms with Gasteiger partial charge in [-0.1, -0.05) is 29.8 Å². The lowest BCUT2D eigenvalue weighted by molar-refractivity contribution is -0.119. The number of amides is 3. The van der Waals surface area contributed by atoms with Crippen molar-refractivity contribution in [3.05, 3.63) is 102 Å². The number of benzene rings is 2. The second-order valence-electron chi connectivity index (χ2n) is 8.77. The maximum atomic E-state index is 14.0. The molecule has 1 fully saturated rings. The van der Waals surface area contributed by atoms with Crippen molar-refractivity contribution >= 4 is 34.9 Å². The number of carbonyl (C=O) groups is 2. The monoisotopic (exact) mass is 486 g/mol. The van der Waals surface area contributed by atoms with E-state index in [0.29, 0.717) is 16.5 Å². The third-order valence-electron chi connectivity index (χ3n) is 6.43. The highest BCUT2D eigenvalue weighted by Crippen LogP contribution is 2.42. The van der Waals surface area contributed by atoms with Crippen LogP contribution in [0.25, 0.3) is 5.69 Å². The lowest BCUT2D eigenvalue weighted by atomic mass is 10.0. The number of hydrogen-bond donors (Lipinski definition) is 1. The van der Waals surface area contributed by atoms with Crippen LogP contribution >= 0.6 is 11.6 Å². The zero-order chi connectivity index (χ0) is 23.9. The Kier molecular flexibility index (Phi) is 5.34. The van der Waals surface area contributed by atoms with Crippen LogP contribution in [-0.2, 0) is 4.79 Å². The van der Waals surface area contributed by atoms with Gasteiger partial charge in [0.1, 0.15) is 18.3 Å². The van der Waals surface area contributed by atoms with Crippen molar-refractivity contribution in [2.75, 3.05) is 16.8 Å². The predicted octanol–water partition coefficient (Wildman–Crippen LogP) is 5.86. The quantitative estimate of drug-likeness (QED) is 0.384. The summed E-state index contributed by atoms with van der Waals surface area (Å²) in [4.78, 5) is 30.6. The largest absolute Gasteiger partial charge is 0.467 e. The third kappa shape index (κ3) is 3.98. The summed E-state index contributed by atoms with van der Waals surface area (Å²) in [6, 6.07) is 21.7. The van der Waals surface area contributed by atoms with Crippen molar-refractivity contribution in [3.8, 4) is 5.69 Å². The molecule has 4 aromatic rings. The SMILES string of the molecule is O=C(Nc1cccc(Cl)c1)N(CC(=O)N1c2ccccc2-n2cccc2C1c1ccco1)C1CC1. The molecular weight excluding hydrogens is 464 g/mol. The molecule has 0 spiro atoms. The van der Waals surface area contributed by atoms with Gasteiger partial charge in [0.05, 0.1) is 23.3 Å². The van der Waals surface area contributed by atoms with E-state index in [1.54, 1.807) is 40.3 Å². The van der Waals surface area contributed by atoms with E-state index < -0.39 is 6.04 Å². The van der Waals surface area contributed by atoms with Gasteiger partial charge in [0.25, 0.3) is 0 Å². The van der Waals surface area contributed by atoms with Gasteiger partial charge in [-0.3, -0.25) is 9.69 Å². The molecule has 176 valence electrons. The molecule has 0 saturated heterocycles. The number of nitrogens with zero attached hydrogens (tertiary/aromatic N) is 3. The van der Waals surface area contributed by atoms with Crippen LogP contribution in [0.4, 0.5) is 16.2 Å². The number of furan rings is 1. The van der Waals surface area contributed by atoms with Crippen LogP contribution in [0.5, 0.6) is 0 Å². The Morgan fingerprint density at radius 3 is 2.57 bits per heavy atom. The number of nitrogens with one attached hydrogen (secondary N) is 1. The zero-order valence-corrected chi connectivity index (χ0v) is 19.6. The fourth-order valence-corrected chi connectivity index (χ4v) is 4.90. The van der Waals surface area contributed by atoms with Gasteiger partial charge in [-0.2, -0.15) is 0 Å². The van der Waals surface area contributed by atoms with Crippen molar-refractivity contribution < 1.29 is 14.0 Å².